The quantitative estimate of drug-likeness (QED) is 0.595. The molecule has 1 aliphatic rings. The van der Waals surface area contributed by atoms with Gasteiger partial charge in [-0.05, 0) is 48.4 Å². The summed E-state index contributed by atoms with van der Waals surface area (Å²) in [5, 5.41) is 4.21. The smallest absolute Gasteiger partial charge is 0.143 e. The fourth-order valence-electron chi connectivity index (χ4n) is 3.62. The Morgan fingerprint density at radius 2 is 1.97 bits per heavy atom. The van der Waals surface area contributed by atoms with E-state index >= 15 is 0 Å². The van der Waals surface area contributed by atoms with Crippen molar-refractivity contribution >= 4 is 11.8 Å². The van der Waals surface area contributed by atoms with Crippen molar-refractivity contribution in [1.29, 1.82) is 0 Å². The average Bonchev–Trinajstić information content (AvgIpc) is 3.18. The number of oxime groups is 1. The van der Waals surface area contributed by atoms with Gasteiger partial charge in [-0.3, -0.25) is 0 Å². The molecule has 1 atom stereocenters. The van der Waals surface area contributed by atoms with Gasteiger partial charge >= 0.3 is 0 Å². The molecule has 5 nitrogen and oxygen atoms in total. The van der Waals surface area contributed by atoms with Crippen LogP contribution in [0.15, 0.2) is 66.2 Å². The number of aromatic nitrogens is 2. The molecular formula is C24H24FN3O2. The Morgan fingerprint density at radius 1 is 1.17 bits per heavy atom. The van der Waals surface area contributed by atoms with Crippen LogP contribution in [0.1, 0.15) is 30.2 Å². The lowest BCUT2D eigenvalue weighted by Gasteiger charge is -2.31. The average molecular weight is 405 g/mol. The molecule has 0 amide bonds. The van der Waals surface area contributed by atoms with Crippen LogP contribution >= 0.6 is 0 Å². The molecule has 2 aromatic carbocycles. The van der Waals surface area contributed by atoms with Crippen molar-refractivity contribution in [1.82, 2.24) is 9.55 Å². The van der Waals surface area contributed by atoms with Gasteiger partial charge in [0.25, 0.3) is 0 Å². The maximum Gasteiger partial charge on any atom is 0.143 e. The first-order valence-corrected chi connectivity index (χ1v) is 9.79. The summed E-state index contributed by atoms with van der Waals surface area (Å²) in [6.45, 7) is 4.52. The number of halogens is 1. The predicted octanol–water partition coefficient (Wildman–Crippen LogP) is 5.08. The van der Waals surface area contributed by atoms with E-state index in [-0.39, 0.29) is 11.2 Å². The summed E-state index contributed by atoms with van der Waals surface area (Å²) in [6, 6.07) is 12.6. The summed E-state index contributed by atoms with van der Waals surface area (Å²) in [6.07, 6.45) is 8.38. The van der Waals surface area contributed by atoms with Crippen molar-refractivity contribution in [3.8, 4) is 11.4 Å². The van der Waals surface area contributed by atoms with E-state index < -0.39 is 0 Å². The highest BCUT2D eigenvalue weighted by molar-refractivity contribution is 5.99. The topological polar surface area (TPSA) is 48.6 Å². The number of imidazole rings is 1. The van der Waals surface area contributed by atoms with Crippen molar-refractivity contribution in [2.45, 2.75) is 25.7 Å². The summed E-state index contributed by atoms with van der Waals surface area (Å²) in [7, 11) is 1.66. The number of methoxy groups -OCH3 is 1. The van der Waals surface area contributed by atoms with Crippen LogP contribution in [0.4, 0.5) is 4.39 Å². The minimum Gasteiger partial charge on any atom is -0.495 e. The van der Waals surface area contributed by atoms with Crippen LogP contribution in [-0.2, 0) is 10.3 Å². The number of benzene rings is 2. The van der Waals surface area contributed by atoms with Crippen LogP contribution < -0.4 is 4.74 Å². The summed E-state index contributed by atoms with van der Waals surface area (Å²) < 4.78 is 20.8. The molecule has 1 aromatic heterocycles. The van der Waals surface area contributed by atoms with Crippen molar-refractivity contribution < 1.29 is 14.0 Å². The third-order valence-electron chi connectivity index (χ3n) is 5.34. The molecule has 3 aromatic rings. The Bertz CT molecular complexity index is 1100. The first-order chi connectivity index (χ1) is 14.5. The number of nitrogens with zero attached hydrogens (tertiary/aromatic N) is 3. The van der Waals surface area contributed by atoms with E-state index in [4.69, 9.17) is 9.57 Å². The minimum atomic E-state index is -0.254. The molecular weight excluding hydrogens is 381 g/mol. The Labute approximate surface area is 175 Å². The van der Waals surface area contributed by atoms with Gasteiger partial charge in [-0.2, -0.15) is 0 Å². The predicted molar refractivity (Wildman–Crippen MR) is 116 cm³/mol. The number of hydrogen-bond donors (Lipinski definition) is 0. The van der Waals surface area contributed by atoms with Gasteiger partial charge in [-0.25, -0.2) is 9.37 Å². The van der Waals surface area contributed by atoms with E-state index in [0.29, 0.717) is 13.0 Å². The fraction of sp³-hybridized carbons (Fsp3) is 0.250. The third-order valence-corrected chi connectivity index (χ3v) is 5.34. The van der Waals surface area contributed by atoms with Gasteiger partial charge < -0.3 is 14.1 Å². The number of aryl methyl sites for hydroxylation is 1. The number of ether oxygens (including phenoxy) is 1. The first kappa shape index (κ1) is 19.9. The van der Waals surface area contributed by atoms with Crippen LogP contribution in [0.5, 0.6) is 5.75 Å². The van der Waals surface area contributed by atoms with Crippen molar-refractivity contribution in [3.63, 3.8) is 0 Å². The second-order valence-corrected chi connectivity index (χ2v) is 7.79. The molecule has 6 heteroatoms. The van der Waals surface area contributed by atoms with E-state index in [1.165, 1.54) is 12.1 Å². The molecule has 0 radical (unpaired) electrons. The lowest BCUT2D eigenvalue weighted by molar-refractivity contribution is 0.0828. The largest absolute Gasteiger partial charge is 0.495 e. The van der Waals surface area contributed by atoms with Gasteiger partial charge in [0, 0.05) is 18.0 Å². The van der Waals surface area contributed by atoms with Gasteiger partial charge in [0.05, 0.1) is 30.5 Å². The number of allylic oxidation sites excluding steroid dienone is 1. The van der Waals surface area contributed by atoms with Gasteiger partial charge in [0.1, 0.15) is 18.2 Å². The van der Waals surface area contributed by atoms with Crippen molar-refractivity contribution in [2.75, 3.05) is 13.7 Å². The minimum absolute atomic E-state index is 0.240. The van der Waals surface area contributed by atoms with Crippen LogP contribution in [0.25, 0.3) is 11.8 Å². The molecule has 0 spiro atoms. The Morgan fingerprint density at radius 3 is 2.67 bits per heavy atom. The molecule has 0 fully saturated rings. The Balaban J connectivity index is 1.53. The molecule has 154 valence electrons. The van der Waals surface area contributed by atoms with Crippen LogP contribution in [0.3, 0.4) is 0 Å². The SMILES string of the molecule is COc1cc(/C=C/C2=NOCC(C)(c3ccc(F)cc3)C2)ccc1-n1cnc(C)c1. The van der Waals surface area contributed by atoms with E-state index in [1.54, 1.807) is 13.4 Å². The summed E-state index contributed by atoms with van der Waals surface area (Å²) in [5.74, 6) is 0.517. The molecule has 0 saturated carbocycles. The molecule has 4 rings (SSSR count). The highest BCUT2D eigenvalue weighted by Gasteiger charge is 2.32. The molecule has 30 heavy (non-hydrogen) atoms. The molecule has 0 saturated heterocycles. The van der Waals surface area contributed by atoms with E-state index in [0.717, 1.165) is 34.0 Å². The van der Waals surface area contributed by atoms with E-state index in [9.17, 15) is 4.39 Å². The van der Waals surface area contributed by atoms with Crippen molar-refractivity contribution in [3.05, 3.63) is 83.7 Å². The second kappa shape index (κ2) is 8.14. The zero-order chi connectivity index (χ0) is 21.1. The van der Waals surface area contributed by atoms with Gasteiger partial charge in [-0.15, -0.1) is 0 Å². The van der Waals surface area contributed by atoms with E-state index in [1.807, 2.05) is 60.2 Å². The lowest BCUT2D eigenvalue weighted by Crippen LogP contribution is -2.33. The number of hydrogen-bond acceptors (Lipinski definition) is 4. The van der Waals surface area contributed by atoms with Crippen LogP contribution in [0, 0.1) is 12.7 Å². The Hall–Kier alpha value is -3.41. The third kappa shape index (κ3) is 4.13. The zero-order valence-corrected chi connectivity index (χ0v) is 17.3. The van der Waals surface area contributed by atoms with Gasteiger partial charge in [-0.1, -0.05) is 36.4 Å². The van der Waals surface area contributed by atoms with E-state index in [2.05, 4.69) is 17.1 Å². The first-order valence-electron chi connectivity index (χ1n) is 9.79. The summed E-state index contributed by atoms with van der Waals surface area (Å²) in [4.78, 5) is 9.78. The fourth-order valence-corrected chi connectivity index (χ4v) is 3.62. The van der Waals surface area contributed by atoms with Gasteiger partial charge in [0.15, 0.2) is 0 Å². The second-order valence-electron chi connectivity index (χ2n) is 7.79. The highest BCUT2D eigenvalue weighted by Crippen LogP contribution is 2.32. The highest BCUT2D eigenvalue weighted by atomic mass is 19.1. The van der Waals surface area contributed by atoms with Crippen molar-refractivity contribution in [2.24, 2.45) is 5.16 Å². The maximum absolute atomic E-state index is 13.3. The zero-order valence-electron chi connectivity index (χ0n) is 17.3. The van der Waals surface area contributed by atoms with Crippen LogP contribution in [-0.4, -0.2) is 29.0 Å². The molecule has 2 heterocycles. The molecule has 0 N–H and O–H groups in total. The standard InChI is InChI=1S/C24H24FN3O2/c1-17-14-28(16-26-17)22-11-5-18(12-23(22)29-3)4-10-21-13-24(2,15-30-27-21)19-6-8-20(25)9-7-19/h4-12,14,16H,13,15H2,1-3H3/b10-4+. The Kier molecular flexibility index (Phi) is 5.40. The molecule has 1 unspecified atom stereocenters. The molecule has 0 bridgehead atoms. The monoisotopic (exact) mass is 405 g/mol. The molecule has 0 aliphatic carbocycles. The lowest BCUT2D eigenvalue weighted by atomic mass is 9.78. The normalized spacial score (nSPS) is 18.9. The van der Waals surface area contributed by atoms with Crippen LogP contribution in [0.2, 0.25) is 0 Å². The number of rotatable bonds is 5. The van der Waals surface area contributed by atoms with Gasteiger partial charge in [0.2, 0.25) is 0 Å². The summed E-state index contributed by atoms with van der Waals surface area (Å²) in [5.41, 5.74) is 4.48. The maximum atomic E-state index is 13.3. The summed E-state index contributed by atoms with van der Waals surface area (Å²) >= 11 is 0. The molecule has 1 aliphatic heterocycles.